The maximum atomic E-state index is 11.9. The van der Waals surface area contributed by atoms with Crippen molar-refractivity contribution in [3.63, 3.8) is 0 Å². The summed E-state index contributed by atoms with van der Waals surface area (Å²) in [4.78, 5) is 16.6. The molecule has 2 N–H and O–H groups in total. The van der Waals surface area contributed by atoms with Gasteiger partial charge >= 0.3 is 0 Å². The number of rotatable bonds is 2. The molecule has 88 valence electrons. The van der Waals surface area contributed by atoms with E-state index in [1.807, 2.05) is 6.92 Å². The van der Waals surface area contributed by atoms with Crippen LogP contribution in [0.1, 0.15) is 41.0 Å². The van der Waals surface area contributed by atoms with Gasteiger partial charge in [0.15, 0.2) is 0 Å². The van der Waals surface area contributed by atoms with Crippen molar-refractivity contribution >= 4 is 17.2 Å². The van der Waals surface area contributed by atoms with Crippen molar-refractivity contribution in [1.29, 1.82) is 0 Å². The molecule has 16 heavy (non-hydrogen) atoms. The smallest absolute Gasteiger partial charge is 0.263 e. The summed E-state index contributed by atoms with van der Waals surface area (Å²) < 4.78 is 0. The number of hydrogen-bond acceptors (Lipinski definition) is 4. The van der Waals surface area contributed by atoms with E-state index in [-0.39, 0.29) is 11.9 Å². The number of nitrogens with one attached hydrogen (secondary N) is 1. The van der Waals surface area contributed by atoms with Gasteiger partial charge in [0.25, 0.3) is 5.91 Å². The highest BCUT2D eigenvalue weighted by molar-refractivity contribution is 7.11. The Balaban J connectivity index is 1.99. The van der Waals surface area contributed by atoms with E-state index in [1.165, 1.54) is 11.3 Å². The Labute approximate surface area is 98.7 Å². The van der Waals surface area contributed by atoms with Gasteiger partial charge in [0.05, 0.1) is 23.4 Å². The molecule has 1 amide bonds. The molecule has 2 rings (SSSR count). The van der Waals surface area contributed by atoms with Crippen molar-refractivity contribution in [2.45, 2.75) is 44.8 Å². The Hall–Kier alpha value is -0.940. The van der Waals surface area contributed by atoms with Crippen LogP contribution >= 0.6 is 11.3 Å². The van der Waals surface area contributed by atoms with E-state index in [2.05, 4.69) is 10.3 Å². The molecular weight excluding hydrogens is 224 g/mol. The Kier molecular flexibility index (Phi) is 3.56. The van der Waals surface area contributed by atoms with E-state index in [0.29, 0.717) is 4.88 Å². The van der Waals surface area contributed by atoms with Crippen molar-refractivity contribution in [2.24, 2.45) is 0 Å². The minimum absolute atomic E-state index is 0.0947. The lowest BCUT2D eigenvalue weighted by Gasteiger charge is -2.28. The number of hydrogen-bond donors (Lipinski definition) is 2. The summed E-state index contributed by atoms with van der Waals surface area (Å²) >= 11 is 1.34. The molecule has 1 aromatic rings. The molecular formula is C11H16N2O2S. The van der Waals surface area contributed by atoms with E-state index in [9.17, 15) is 9.90 Å². The van der Waals surface area contributed by atoms with Crippen molar-refractivity contribution in [2.75, 3.05) is 0 Å². The molecule has 0 saturated heterocycles. The van der Waals surface area contributed by atoms with Crippen LogP contribution in [0, 0.1) is 6.92 Å². The molecule has 0 bridgehead atoms. The molecule has 1 aliphatic carbocycles. The summed E-state index contributed by atoms with van der Waals surface area (Å²) in [6.07, 6.45) is 3.37. The molecule has 1 fully saturated rings. The number of aromatic nitrogens is 1. The van der Waals surface area contributed by atoms with Crippen LogP contribution in [-0.2, 0) is 0 Å². The van der Waals surface area contributed by atoms with Gasteiger partial charge in [-0.2, -0.15) is 0 Å². The van der Waals surface area contributed by atoms with Crippen LogP contribution in [-0.4, -0.2) is 28.1 Å². The monoisotopic (exact) mass is 240 g/mol. The van der Waals surface area contributed by atoms with Gasteiger partial charge in [-0.05, 0) is 19.8 Å². The highest BCUT2D eigenvalue weighted by atomic mass is 32.1. The fourth-order valence-electron chi connectivity index (χ4n) is 2.03. The van der Waals surface area contributed by atoms with Crippen LogP contribution in [0.4, 0.5) is 0 Å². The first-order chi connectivity index (χ1) is 7.68. The first-order valence-electron chi connectivity index (χ1n) is 5.57. The molecule has 5 heteroatoms. The lowest BCUT2D eigenvalue weighted by Crippen LogP contribution is -2.45. The number of carbonyl (C=O) groups excluding carboxylic acids is 1. The zero-order valence-electron chi connectivity index (χ0n) is 9.27. The van der Waals surface area contributed by atoms with Crippen molar-refractivity contribution in [3.05, 3.63) is 16.1 Å². The van der Waals surface area contributed by atoms with Crippen LogP contribution in [0.25, 0.3) is 0 Å². The van der Waals surface area contributed by atoms with E-state index >= 15 is 0 Å². The predicted molar refractivity (Wildman–Crippen MR) is 62.6 cm³/mol. The predicted octanol–water partition coefficient (Wildman–Crippen LogP) is 1.48. The second-order valence-corrected chi connectivity index (χ2v) is 5.05. The SMILES string of the molecule is Cc1ncsc1C(=O)N[C@H]1CCCC[C@@H]1O. The third-order valence-corrected chi connectivity index (χ3v) is 3.93. The fraction of sp³-hybridized carbons (Fsp3) is 0.636. The zero-order chi connectivity index (χ0) is 11.5. The largest absolute Gasteiger partial charge is 0.391 e. The van der Waals surface area contributed by atoms with E-state index in [4.69, 9.17) is 0 Å². The normalized spacial score (nSPS) is 25.4. The quantitative estimate of drug-likeness (QED) is 0.823. The molecule has 1 aliphatic rings. The van der Waals surface area contributed by atoms with Gasteiger partial charge in [0.2, 0.25) is 0 Å². The number of aliphatic hydroxyl groups excluding tert-OH is 1. The van der Waals surface area contributed by atoms with Gasteiger partial charge in [0.1, 0.15) is 4.88 Å². The van der Waals surface area contributed by atoms with Crippen LogP contribution in [0.3, 0.4) is 0 Å². The second kappa shape index (κ2) is 4.93. The minimum Gasteiger partial charge on any atom is -0.391 e. The molecule has 0 aliphatic heterocycles. The lowest BCUT2D eigenvalue weighted by atomic mass is 9.92. The summed E-state index contributed by atoms with van der Waals surface area (Å²) in [7, 11) is 0. The molecule has 1 saturated carbocycles. The van der Waals surface area contributed by atoms with Crippen LogP contribution in [0.5, 0.6) is 0 Å². The Bertz CT molecular complexity index is 378. The first kappa shape index (κ1) is 11.5. The van der Waals surface area contributed by atoms with Crippen LogP contribution in [0.15, 0.2) is 5.51 Å². The first-order valence-corrected chi connectivity index (χ1v) is 6.45. The van der Waals surface area contributed by atoms with Crippen molar-refractivity contribution in [1.82, 2.24) is 10.3 Å². The third-order valence-electron chi connectivity index (χ3n) is 3.00. The molecule has 4 nitrogen and oxygen atoms in total. The summed E-state index contributed by atoms with van der Waals surface area (Å²) in [5.74, 6) is -0.106. The van der Waals surface area contributed by atoms with E-state index in [1.54, 1.807) is 5.51 Å². The van der Waals surface area contributed by atoms with Gasteiger partial charge in [0, 0.05) is 0 Å². The minimum atomic E-state index is -0.397. The summed E-state index contributed by atoms with van der Waals surface area (Å²) in [5, 5.41) is 12.7. The van der Waals surface area contributed by atoms with Crippen LogP contribution < -0.4 is 5.32 Å². The zero-order valence-corrected chi connectivity index (χ0v) is 10.1. The fourth-order valence-corrected chi connectivity index (χ4v) is 2.74. The highest BCUT2D eigenvalue weighted by Gasteiger charge is 2.25. The van der Waals surface area contributed by atoms with Crippen molar-refractivity contribution in [3.8, 4) is 0 Å². The molecule has 0 unspecified atom stereocenters. The maximum absolute atomic E-state index is 11.9. The molecule has 1 aromatic heterocycles. The van der Waals surface area contributed by atoms with E-state index < -0.39 is 6.10 Å². The third kappa shape index (κ3) is 2.41. The standard InChI is InChI=1S/C11H16N2O2S/c1-7-10(16-6-12-7)11(15)13-8-4-2-3-5-9(8)14/h6,8-9,14H,2-5H2,1H3,(H,13,15)/t8-,9-/m0/s1. The molecule has 1 heterocycles. The highest BCUT2D eigenvalue weighted by Crippen LogP contribution is 2.19. The second-order valence-electron chi connectivity index (χ2n) is 4.20. The van der Waals surface area contributed by atoms with Gasteiger partial charge < -0.3 is 10.4 Å². The molecule has 0 aromatic carbocycles. The average Bonchev–Trinajstić information content (AvgIpc) is 2.68. The summed E-state index contributed by atoms with van der Waals surface area (Å²) in [5.41, 5.74) is 2.43. The van der Waals surface area contributed by atoms with Crippen molar-refractivity contribution < 1.29 is 9.90 Å². The summed E-state index contributed by atoms with van der Waals surface area (Å²) in [6.45, 7) is 1.82. The van der Waals surface area contributed by atoms with Gasteiger partial charge in [-0.3, -0.25) is 4.79 Å². The van der Waals surface area contributed by atoms with Gasteiger partial charge in [-0.25, -0.2) is 4.98 Å². The number of carbonyl (C=O) groups is 1. The average molecular weight is 240 g/mol. The Morgan fingerprint density at radius 1 is 1.56 bits per heavy atom. The maximum Gasteiger partial charge on any atom is 0.263 e. The molecule has 2 atom stereocenters. The van der Waals surface area contributed by atoms with E-state index in [0.717, 1.165) is 31.4 Å². The van der Waals surface area contributed by atoms with Gasteiger partial charge in [-0.15, -0.1) is 11.3 Å². The Morgan fingerprint density at radius 2 is 2.31 bits per heavy atom. The topological polar surface area (TPSA) is 62.2 Å². The number of thiazole rings is 1. The number of nitrogens with zero attached hydrogens (tertiary/aromatic N) is 1. The molecule has 0 radical (unpaired) electrons. The lowest BCUT2D eigenvalue weighted by molar-refractivity contribution is 0.0719. The van der Waals surface area contributed by atoms with Gasteiger partial charge in [-0.1, -0.05) is 12.8 Å². The number of aliphatic hydroxyl groups is 1. The number of amides is 1. The molecule has 0 spiro atoms. The summed E-state index contributed by atoms with van der Waals surface area (Å²) in [6, 6.07) is -0.0947. The van der Waals surface area contributed by atoms with Crippen LogP contribution in [0.2, 0.25) is 0 Å². The Morgan fingerprint density at radius 3 is 2.94 bits per heavy atom. The number of aryl methyl sites for hydroxylation is 1.